The quantitative estimate of drug-likeness (QED) is 0.744. The second-order valence-corrected chi connectivity index (χ2v) is 3.27. The fourth-order valence-corrected chi connectivity index (χ4v) is 1.49. The van der Waals surface area contributed by atoms with Gasteiger partial charge in [-0.3, -0.25) is 9.97 Å². The molecule has 0 spiro atoms. The van der Waals surface area contributed by atoms with Crippen molar-refractivity contribution >= 4 is 5.97 Å². The van der Waals surface area contributed by atoms with E-state index in [0.717, 1.165) is 6.20 Å². The van der Waals surface area contributed by atoms with Gasteiger partial charge in [-0.25, -0.2) is 9.18 Å². The monoisotopic (exact) mass is 232 g/mol. The predicted octanol–water partition coefficient (Wildman–Crippen LogP) is 2.07. The van der Waals surface area contributed by atoms with E-state index >= 15 is 0 Å². The summed E-state index contributed by atoms with van der Waals surface area (Å²) in [4.78, 5) is 19.1. The molecule has 4 nitrogen and oxygen atoms in total. The first-order chi connectivity index (χ1) is 8.24. The number of halogens is 1. The molecule has 0 saturated carbocycles. The molecule has 0 fully saturated rings. The lowest BCUT2D eigenvalue weighted by Gasteiger charge is -2.07. The molecule has 5 heteroatoms. The zero-order chi connectivity index (χ0) is 12.3. The zero-order valence-electron chi connectivity index (χ0n) is 9.05. The molecule has 0 aliphatic heterocycles. The lowest BCUT2D eigenvalue weighted by atomic mass is 10.0. The molecule has 2 rings (SSSR count). The number of nitrogens with zero attached hydrogens (tertiary/aromatic N) is 2. The number of esters is 1. The molecular weight excluding hydrogens is 223 g/mol. The van der Waals surface area contributed by atoms with Crippen molar-refractivity contribution in [2.24, 2.45) is 0 Å². The van der Waals surface area contributed by atoms with Crippen molar-refractivity contribution in [3.05, 3.63) is 48.3 Å². The van der Waals surface area contributed by atoms with Crippen LogP contribution in [-0.4, -0.2) is 23.0 Å². The maximum Gasteiger partial charge on any atom is 0.341 e. The third-order valence-electron chi connectivity index (χ3n) is 2.28. The standard InChI is InChI=1S/C12H9FN2O2/c1-17-12(16)11-9(6-15-7-10(11)13)8-2-4-14-5-3-8/h2-7H,1H3. The number of aromatic nitrogens is 2. The third-order valence-corrected chi connectivity index (χ3v) is 2.28. The minimum absolute atomic E-state index is 0.117. The molecule has 0 aliphatic carbocycles. The molecule has 0 amide bonds. The van der Waals surface area contributed by atoms with Crippen molar-refractivity contribution in [1.82, 2.24) is 9.97 Å². The van der Waals surface area contributed by atoms with Crippen LogP contribution in [0.15, 0.2) is 36.9 Å². The van der Waals surface area contributed by atoms with E-state index in [1.807, 2.05) is 0 Å². The van der Waals surface area contributed by atoms with E-state index < -0.39 is 11.8 Å². The van der Waals surface area contributed by atoms with Crippen LogP contribution < -0.4 is 0 Å². The van der Waals surface area contributed by atoms with Crippen LogP contribution in [0.4, 0.5) is 4.39 Å². The van der Waals surface area contributed by atoms with Gasteiger partial charge < -0.3 is 4.74 Å². The Hall–Kier alpha value is -2.30. The number of ether oxygens (including phenoxy) is 1. The van der Waals surface area contributed by atoms with Crippen LogP contribution in [0.5, 0.6) is 0 Å². The lowest BCUT2D eigenvalue weighted by molar-refractivity contribution is 0.0596. The molecule has 0 unspecified atom stereocenters. The van der Waals surface area contributed by atoms with Crippen molar-refractivity contribution < 1.29 is 13.9 Å². The van der Waals surface area contributed by atoms with Gasteiger partial charge in [0.15, 0.2) is 5.82 Å². The van der Waals surface area contributed by atoms with Crippen molar-refractivity contribution in [3.8, 4) is 11.1 Å². The van der Waals surface area contributed by atoms with Crippen LogP contribution >= 0.6 is 0 Å². The van der Waals surface area contributed by atoms with Crippen LogP contribution in [0.2, 0.25) is 0 Å². The number of methoxy groups -OCH3 is 1. The number of carbonyl (C=O) groups is 1. The molecule has 0 atom stereocenters. The Bertz CT molecular complexity index is 543. The molecule has 0 aliphatic rings. The van der Waals surface area contributed by atoms with Gasteiger partial charge >= 0.3 is 5.97 Å². The van der Waals surface area contributed by atoms with E-state index in [9.17, 15) is 9.18 Å². The number of hydrogen-bond donors (Lipinski definition) is 0. The van der Waals surface area contributed by atoms with Gasteiger partial charge in [-0.1, -0.05) is 0 Å². The fraction of sp³-hybridized carbons (Fsp3) is 0.0833. The first-order valence-electron chi connectivity index (χ1n) is 4.86. The minimum atomic E-state index is -0.725. The molecule has 0 aromatic carbocycles. The summed E-state index contributed by atoms with van der Waals surface area (Å²) in [6.45, 7) is 0. The van der Waals surface area contributed by atoms with Crippen LogP contribution in [0.3, 0.4) is 0 Å². The van der Waals surface area contributed by atoms with E-state index in [1.54, 1.807) is 24.5 Å². The van der Waals surface area contributed by atoms with Crippen LogP contribution in [-0.2, 0) is 4.74 Å². The van der Waals surface area contributed by atoms with E-state index in [4.69, 9.17) is 0 Å². The molecule has 0 radical (unpaired) electrons. The summed E-state index contributed by atoms with van der Waals surface area (Å²) in [5.74, 6) is -1.43. The zero-order valence-corrected chi connectivity index (χ0v) is 9.05. The van der Waals surface area contributed by atoms with Gasteiger partial charge in [0.05, 0.1) is 13.3 Å². The van der Waals surface area contributed by atoms with E-state index in [2.05, 4.69) is 14.7 Å². The highest BCUT2D eigenvalue weighted by Crippen LogP contribution is 2.24. The molecule has 2 heterocycles. The van der Waals surface area contributed by atoms with Gasteiger partial charge in [-0.2, -0.15) is 0 Å². The van der Waals surface area contributed by atoms with E-state index in [1.165, 1.54) is 13.3 Å². The molecule has 0 bridgehead atoms. The van der Waals surface area contributed by atoms with Gasteiger partial charge in [0.1, 0.15) is 5.56 Å². The SMILES string of the molecule is COC(=O)c1c(F)cncc1-c1ccncc1. The summed E-state index contributed by atoms with van der Waals surface area (Å²) in [5, 5.41) is 0. The van der Waals surface area contributed by atoms with Gasteiger partial charge in [0.25, 0.3) is 0 Å². The predicted molar refractivity (Wildman–Crippen MR) is 58.8 cm³/mol. The normalized spacial score (nSPS) is 10.0. The van der Waals surface area contributed by atoms with Gasteiger partial charge in [0, 0.05) is 24.2 Å². The Morgan fingerprint density at radius 2 is 1.94 bits per heavy atom. The second-order valence-electron chi connectivity index (χ2n) is 3.27. The van der Waals surface area contributed by atoms with Gasteiger partial charge in [-0.15, -0.1) is 0 Å². The molecule has 86 valence electrons. The Labute approximate surface area is 97.1 Å². The van der Waals surface area contributed by atoms with Crippen LogP contribution in [0.1, 0.15) is 10.4 Å². The molecule has 2 aromatic rings. The number of hydrogen-bond acceptors (Lipinski definition) is 4. The minimum Gasteiger partial charge on any atom is -0.465 e. The second kappa shape index (κ2) is 4.69. The van der Waals surface area contributed by atoms with Crippen molar-refractivity contribution in [3.63, 3.8) is 0 Å². The van der Waals surface area contributed by atoms with E-state index in [0.29, 0.717) is 11.1 Å². The fourth-order valence-electron chi connectivity index (χ4n) is 1.49. The summed E-state index contributed by atoms with van der Waals surface area (Å²) >= 11 is 0. The smallest absolute Gasteiger partial charge is 0.341 e. The first kappa shape index (κ1) is 11.2. The molecule has 0 saturated heterocycles. The van der Waals surface area contributed by atoms with E-state index in [-0.39, 0.29) is 5.56 Å². The highest BCUT2D eigenvalue weighted by atomic mass is 19.1. The number of pyridine rings is 2. The summed E-state index contributed by atoms with van der Waals surface area (Å²) in [7, 11) is 1.21. The number of rotatable bonds is 2. The topological polar surface area (TPSA) is 52.1 Å². The third kappa shape index (κ3) is 2.13. The Morgan fingerprint density at radius 1 is 1.24 bits per heavy atom. The van der Waals surface area contributed by atoms with Crippen LogP contribution in [0, 0.1) is 5.82 Å². The summed E-state index contributed by atoms with van der Waals surface area (Å²) in [6, 6.07) is 3.34. The molecular formula is C12H9FN2O2. The average Bonchev–Trinajstić information content (AvgIpc) is 2.38. The summed E-state index contributed by atoms with van der Waals surface area (Å²) < 4.78 is 18.2. The maximum absolute atomic E-state index is 13.6. The maximum atomic E-state index is 13.6. The van der Waals surface area contributed by atoms with Crippen molar-refractivity contribution in [2.45, 2.75) is 0 Å². The molecule has 17 heavy (non-hydrogen) atoms. The number of carbonyl (C=O) groups excluding carboxylic acids is 1. The Balaban J connectivity index is 2.62. The highest BCUT2D eigenvalue weighted by molar-refractivity contribution is 5.97. The van der Waals surface area contributed by atoms with Crippen LogP contribution in [0.25, 0.3) is 11.1 Å². The highest BCUT2D eigenvalue weighted by Gasteiger charge is 2.18. The van der Waals surface area contributed by atoms with Crippen molar-refractivity contribution in [1.29, 1.82) is 0 Å². The molecule has 0 N–H and O–H groups in total. The Kier molecular flexibility index (Phi) is 3.09. The van der Waals surface area contributed by atoms with Crippen molar-refractivity contribution in [2.75, 3.05) is 7.11 Å². The first-order valence-corrected chi connectivity index (χ1v) is 4.86. The largest absolute Gasteiger partial charge is 0.465 e. The lowest BCUT2D eigenvalue weighted by Crippen LogP contribution is -2.07. The van der Waals surface area contributed by atoms with Gasteiger partial charge in [0.2, 0.25) is 0 Å². The summed E-state index contributed by atoms with van der Waals surface area (Å²) in [5.41, 5.74) is 0.931. The van der Waals surface area contributed by atoms with Gasteiger partial charge in [-0.05, 0) is 17.7 Å². The Morgan fingerprint density at radius 3 is 2.59 bits per heavy atom. The summed E-state index contributed by atoms with van der Waals surface area (Å²) in [6.07, 6.45) is 5.52. The average molecular weight is 232 g/mol. The molecule has 2 aromatic heterocycles.